The second-order valence-corrected chi connectivity index (χ2v) is 6.09. The van der Waals surface area contributed by atoms with Gasteiger partial charge >= 0.3 is 95.4 Å². The number of benzene rings is 2. The van der Waals surface area contributed by atoms with Crippen LogP contribution in [0.25, 0.3) is 0 Å². The maximum absolute atomic E-state index is 2.25. The molecular weight excluding hydrogens is 283 g/mol. The molecule has 0 bridgehead atoms. The summed E-state index contributed by atoms with van der Waals surface area (Å²) in [5, 5.41) is 0. The van der Waals surface area contributed by atoms with Crippen molar-refractivity contribution >= 4 is 0 Å². The van der Waals surface area contributed by atoms with E-state index in [1.54, 1.807) is 0 Å². The van der Waals surface area contributed by atoms with Crippen LogP contribution >= 0.6 is 0 Å². The number of aryl methyl sites for hydroxylation is 1. The van der Waals surface area contributed by atoms with Crippen molar-refractivity contribution in [2.24, 2.45) is 0 Å². The number of hydrogen-bond donors (Lipinski definition) is 0. The van der Waals surface area contributed by atoms with Crippen LogP contribution in [-0.4, -0.2) is 0 Å². The second-order valence-electron chi connectivity index (χ2n) is 3.14. The van der Waals surface area contributed by atoms with E-state index >= 15 is 0 Å². The predicted octanol–water partition coefficient (Wildman–Crippen LogP) is 0.123. The fraction of sp³-hybridized carbons (Fsp3) is 0.0769. The zero-order chi connectivity index (χ0) is 9.80. The van der Waals surface area contributed by atoms with Crippen LogP contribution in [0.15, 0.2) is 54.6 Å². The first-order chi connectivity index (χ1) is 6.86. The van der Waals surface area contributed by atoms with E-state index in [0.29, 0.717) is 0 Å². The van der Waals surface area contributed by atoms with E-state index in [1.807, 2.05) is 0 Å². The SMILES string of the molecule is Cc1ccccc1[I-]c1ccccc1. The molecule has 2 aromatic carbocycles. The Bertz CT molecular complexity index is 407. The number of halogens is 1. The van der Waals surface area contributed by atoms with Crippen LogP contribution in [0.2, 0.25) is 0 Å². The molecule has 0 aliphatic carbocycles. The van der Waals surface area contributed by atoms with Gasteiger partial charge < -0.3 is 0 Å². The summed E-state index contributed by atoms with van der Waals surface area (Å²) in [7, 11) is 0. The average molecular weight is 295 g/mol. The third kappa shape index (κ3) is 2.35. The molecule has 72 valence electrons. The van der Waals surface area contributed by atoms with Crippen molar-refractivity contribution in [1.82, 2.24) is 0 Å². The molecule has 0 aliphatic heterocycles. The second kappa shape index (κ2) is 4.60. The minimum absolute atomic E-state index is 0.00698. The molecule has 0 saturated heterocycles. The van der Waals surface area contributed by atoms with Crippen LogP contribution in [-0.2, 0) is 0 Å². The topological polar surface area (TPSA) is 0 Å². The fourth-order valence-electron chi connectivity index (χ4n) is 1.25. The quantitative estimate of drug-likeness (QED) is 0.691. The molecule has 0 unspecified atom stereocenters. The van der Waals surface area contributed by atoms with Gasteiger partial charge in [-0.15, -0.1) is 0 Å². The Morgan fingerprint density at radius 2 is 1.43 bits per heavy atom. The van der Waals surface area contributed by atoms with Gasteiger partial charge in [-0.3, -0.25) is 0 Å². The first kappa shape index (κ1) is 9.71. The summed E-state index contributed by atoms with van der Waals surface area (Å²) in [6.45, 7) is 2.19. The van der Waals surface area contributed by atoms with Crippen molar-refractivity contribution in [2.45, 2.75) is 6.92 Å². The van der Waals surface area contributed by atoms with Gasteiger partial charge in [-0.1, -0.05) is 0 Å². The standard InChI is InChI=1S/C13H12I/c1-11-7-5-6-10-13(11)14-12-8-3-2-4-9-12/h2-10H,1H3/q-1. The van der Waals surface area contributed by atoms with E-state index in [1.165, 1.54) is 12.7 Å². The minimum atomic E-state index is 0.00698. The van der Waals surface area contributed by atoms with Crippen molar-refractivity contribution in [2.75, 3.05) is 0 Å². The Hall–Kier alpha value is -0.830. The monoisotopic (exact) mass is 295 g/mol. The van der Waals surface area contributed by atoms with Crippen molar-refractivity contribution in [3.8, 4) is 0 Å². The normalized spacial score (nSPS) is 10.4. The molecule has 0 fully saturated rings. The zero-order valence-corrected chi connectivity index (χ0v) is 10.2. The number of hydrogen-bond acceptors (Lipinski definition) is 0. The average Bonchev–Trinajstić information content (AvgIpc) is 2.23. The number of rotatable bonds is 2. The van der Waals surface area contributed by atoms with E-state index in [4.69, 9.17) is 0 Å². The van der Waals surface area contributed by atoms with Crippen molar-refractivity contribution in [3.05, 3.63) is 67.3 Å². The van der Waals surface area contributed by atoms with Crippen LogP contribution in [0.5, 0.6) is 0 Å². The molecular formula is C13H12I-. The van der Waals surface area contributed by atoms with Gasteiger partial charge in [0.15, 0.2) is 0 Å². The summed E-state index contributed by atoms with van der Waals surface area (Å²) in [5.74, 6) is 0. The Balaban J connectivity index is 2.24. The fourth-order valence-corrected chi connectivity index (χ4v) is 3.69. The van der Waals surface area contributed by atoms with Gasteiger partial charge in [-0.2, -0.15) is 0 Å². The molecule has 1 heteroatoms. The molecule has 14 heavy (non-hydrogen) atoms. The summed E-state index contributed by atoms with van der Waals surface area (Å²) >= 11 is 0.00698. The molecule has 0 spiro atoms. The summed E-state index contributed by atoms with van der Waals surface area (Å²) in [6, 6.07) is 19.4. The summed E-state index contributed by atoms with van der Waals surface area (Å²) in [4.78, 5) is 0. The first-order valence-corrected chi connectivity index (χ1v) is 6.77. The van der Waals surface area contributed by atoms with Crippen LogP contribution in [0, 0.1) is 14.1 Å². The van der Waals surface area contributed by atoms with Gasteiger partial charge in [-0.05, 0) is 0 Å². The Kier molecular flexibility index (Phi) is 3.19. The van der Waals surface area contributed by atoms with Gasteiger partial charge in [0.2, 0.25) is 0 Å². The van der Waals surface area contributed by atoms with Gasteiger partial charge in [0.05, 0.1) is 0 Å². The van der Waals surface area contributed by atoms with E-state index in [0.717, 1.165) is 0 Å². The van der Waals surface area contributed by atoms with E-state index < -0.39 is 0 Å². The van der Waals surface area contributed by atoms with Gasteiger partial charge in [0, 0.05) is 0 Å². The Morgan fingerprint density at radius 3 is 2.14 bits per heavy atom. The Morgan fingerprint density at radius 1 is 0.786 bits per heavy atom. The van der Waals surface area contributed by atoms with Crippen LogP contribution < -0.4 is 21.2 Å². The molecule has 2 aromatic rings. The van der Waals surface area contributed by atoms with Crippen LogP contribution in [0.3, 0.4) is 0 Å². The van der Waals surface area contributed by atoms with Crippen LogP contribution in [0.4, 0.5) is 0 Å². The van der Waals surface area contributed by atoms with E-state index in [9.17, 15) is 0 Å². The molecule has 2 rings (SSSR count). The third-order valence-corrected chi connectivity index (χ3v) is 5.15. The molecule has 0 atom stereocenters. The molecule has 0 N–H and O–H groups in total. The first-order valence-electron chi connectivity index (χ1n) is 4.62. The molecule has 0 radical (unpaired) electrons. The van der Waals surface area contributed by atoms with Crippen LogP contribution in [0.1, 0.15) is 5.56 Å². The third-order valence-electron chi connectivity index (χ3n) is 2.02. The summed E-state index contributed by atoms with van der Waals surface area (Å²) in [6.07, 6.45) is 0. The van der Waals surface area contributed by atoms with Crippen molar-refractivity contribution in [1.29, 1.82) is 0 Å². The van der Waals surface area contributed by atoms with Gasteiger partial charge in [-0.25, -0.2) is 0 Å². The summed E-state index contributed by atoms with van der Waals surface area (Å²) < 4.78 is 3.01. The van der Waals surface area contributed by atoms with E-state index in [-0.39, 0.29) is 21.2 Å². The molecule has 0 amide bonds. The predicted molar refractivity (Wildman–Crippen MR) is 55.0 cm³/mol. The maximum atomic E-state index is 2.25. The van der Waals surface area contributed by atoms with Gasteiger partial charge in [0.1, 0.15) is 0 Å². The zero-order valence-electron chi connectivity index (χ0n) is 8.07. The molecule has 0 nitrogen and oxygen atoms in total. The summed E-state index contributed by atoms with van der Waals surface area (Å²) in [5.41, 5.74) is 1.42. The van der Waals surface area contributed by atoms with E-state index in [2.05, 4.69) is 61.5 Å². The molecule has 0 aliphatic rings. The van der Waals surface area contributed by atoms with Gasteiger partial charge in [0.25, 0.3) is 0 Å². The molecule has 0 heterocycles. The molecule has 0 saturated carbocycles. The van der Waals surface area contributed by atoms with Crippen molar-refractivity contribution in [3.63, 3.8) is 0 Å². The van der Waals surface area contributed by atoms with Crippen molar-refractivity contribution < 1.29 is 21.2 Å². The Labute approximate surface area is 95.2 Å². The molecule has 0 aromatic heterocycles.